The highest BCUT2D eigenvalue weighted by Crippen LogP contribution is 2.24. The van der Waals surface area contributed by atoms with E-state index in [2.05, 4.69) is 15.2 Å². The first-order valence-corrected chi connectivity index (χ1v) is 9.34. The molecule has 1 aliphatic carbocycles. The second-order valence-electron chi connectivity index (χ2n) is 7.02. The molecule has 3 rings (SSSR count). The summed E-state index contributed by atoms with van der Waals surface area (Å²) >= 11 is 0. The minimum atomic E-state index is -0.515. The van der Waals surface area contributed by atoms with Crippen molar-refractivity contribution in [3.8, 4) is 0 Å². The molecule has 1 aromatic heterocycles. The number of rotatable bonds is 6. The van der Waals surface area contributed by atoms with Crippen molar-refractivity contribution in [3.63, 3.8) is 0 Å². The molecule has 1 aromatic rings. The van der Waals surface area contributed by atoms with Crippen LogP contribution in [0.2, 0.25) is 0 Å². The summed E-state index contributed by atoms with van der Waals surface area (Å²) in [6, 6.07) is 0.556. The van der Waals surface area contributed by atoms with Gasteiger partial charge in [-0.2, -0.15) is 0 Å². The molecule has 1 aliphatic heterocycles. The third kappa shape index (κ3) is 4.59. The zero-order chi connectivity index (χ0) is 18.5. The van der Waals surface area contributed by atoms with Gasteiger partial charge in [-0.25, -0.2) is 0 Å². The van der Waals surface area contributed by atoms with E-state index in [1.54, 1.807) is 11.5 Å². The van der Waals surface area contributed by atoms with Crippen molar-refractivity contribution in [2.75, 3.05) is 26.3 Å². The molecule has 1 N–H and O–H groups in total. The summed E-state index contributed by atoms with van der Waals surface area (Å²) in [5, 5.41) is 14.0. The highest BCUT2D eigenvalue weighted by molar-refractivity contribution is 5.76. The number of morpholine rings is 1. The fourth-order valence-electron chi connectivity index (χ4n) is 3.93. The molecule has 0 unspecified atom stereocenters. The normalized spacial score (nSPS) is 24.3. The van der Waals surface area contributed by atoms with Gasteiger partial charge in [-0.05, 0) is 22.7 Å². The maximum Gasteiger partial charge on any atom is 0.381 e. The quantitative estimate of drug-likeness (QED) is 0.601. The molecule has 2 fully saturated rings. The molecule has 2 aliphatic rings. The second-order valence-corrected chi connectivity index (χ2v) is 7.02. The molecular formula is C17H27N5O4. The summed E-state index contributed by atoms with van der Waals surface area (Å²) in [6.07, 6.45) is 6.13. The summed E-state index contributed by atoms with van der Waals surface area (Å²) in [7, 11) is 0. The Kier molecular flexibility index (Phi) is 6.20. The lowest BCUT2D eigenvalue weighted by Crippen LogP contribution is -2.56. The van der Waals surface area contributed by atoms with Crippen LogP contribution in [0, 0.1) is 17.0 Å². The smallest absolute Gasteiger partial charge is 0.379 e. The number of ether oxygens (including phenoxy) is 1. The lowest BCUT2D eigenvalue weighted by Gasteiger charge is -2.41. The molecule has 0 spiro atoms. The molecule has 2 heterocycles. The van der Waals surface area contributed by atoms with Crippen molar-refractivity contribution in [2.24, 2.45) is 0 Å². The second kappa shape index (κ2) is 8.59. The number of carbonyl (C=O) groups excluding carboxylic acids is 1. The Bertz CT molecular complexity index is 641. The third-order valence-corrected chi connectivity index (χ3v) is 5.32. The Morgan fingerprint density at radius 2 is 2.12 bits per heavy atom. The number of nitrogens with one attached hydrogen (secondary N) is 1. The topological polar surface area (TPSA) is 103 Å². The molecule has 0 radical (unpaired) electrons. The first kappa shape index (κ1) is 18.8. The van der Waals surface area contributed by atoms with E-state index in [-0.39, 0.29) is 17.8 Å². The van der Waals surface area contributed by atoms with Gasteiger partial charge in [0, 0.05) is 45.1 Å². The Labute approximate surface area is 152 Å². The minimum absolute atomic E-state index is 0.00841. The molecule has 26 heavy (non-hydrogen) atoms. The van der Waals surface area contributed by atoms with Crippen molar-refractivity contribution >= 4 is 11.7 Å². The van der Waals surface area contributed by atoms with Crippen LogP contribution in [0.15, 0.2) is 6.20 Å². The SMILES string of the molecule is Cc1nc([N+](=O)[O-])cn1CCC(=O)N[C@@H]1CCCC[C@H]1N1CCOCC1. The van der Waals surface area contributed by atoms with Gasteiger partial charge in [0.15, 0.2) is 0 Å². The molecule has 144 valence electrons. The molecule has 0 bridgehead atoms. The fraction of sp³-hybridized carbons (Fsp3) is 0.765. The highest BCUT2D eigenvalue weighted by Gasteiger charge is 2.31. The van der Waals surface area contributed by atoms with Gasteiger partial charge < -0.3 is 24.7 Å². The average molecular weight is 365 g/mol. The van der Waals surface area contributed by atoms with Crippen molar-refractivity contribution in [1.29, 1.82) is 0 Å². The Hall–Kier alpha value is -2.00. The van der Waals surface area contributed by atoms with Crippen molar-refractivity contribution in [2.45, 2.75) is 57.7 Å². The van der Waals surface area contributed by atoms with Crippen LogP contribution in [0.5, 0.6) is 0 Å². The first-order valence-electron chi connectivity index (χ1n) is 9.34. The predicted octanol–water partition coefficient (Wildman–Crippen LogP) is 1.25. The molecule has 9 heteroatoms. The van der Waals surface area contributed by atoms with Gasteiger partial charge in [-0.1, -0.05) is 12.8 Å². The molecule has 1 saturated heterocycles. The lowest BCUT2D eigenvalue weighted by molar-refractivity contribution is -0.389. The third-order valence-electron chi connectivity index (χ3n) is 5.32. The van der Waals surface area contributed by atoms with E-state index < -0.39 is 4.92 Å². The van der Waals surface area contributed by atoms with Crippen molar-refractivity contribution in [1.82, 2.24) is 19.8 Å². The molecule has 2 atom stereocenters. The number of aryl methyl sites for hydroxylation is 2. The number of carbonyl (C=O) groups is 1. The van der Waals surface area contributed by atoms with Crippen LogP contribution in [-0.4, -0.2) is 63.7 Å². The van der Waals surface area contributed by atoms with Gasteiger partial charge in [-0.3, -0.25) is 9.69 Å². The van der Waals surface area contributed by atoms with Crippen LogP contribution in [0.3, 0.4) is 0 Å². The van der Waals surface area contributed by atoms with Gasteiger partial charge in [0.2, 0.25) is 11.7 Å². The number of amides is 1. The van der Waals surface area contributed by atoms with Crippen LogP contribution < -0.4 is 5.32 Å². The minimum Gasteiger partial charge on any atom is -0.379 e. The standard InChI is InChI=1S/C17H27N5O4/c1-13-18-16(22(24)25)12-21(13)7-6-17(23)19-14-4-2-3-5-15(14)20-8-10-26-11-9-20/h12,14-15H,2-11H2,1H3,(H,19,23)/t14-,15-/m1/s1. The average Bonchev–Trinajstić information content (AvgIpc) is 3.02. The van der Waals surface area contributed by atoms with E-state index in [0.29, 0.717) is 24.8 Å². The maximum absolute atomic E-state index is 12.4. The summed E-state index contributed by atoms with van der Waals surface area (Å²) < 4.78 is 7.10. The summed E-state index contributed by atoms with van der Waals surface area (Å²) in [6.45, 7) is 5.48. The number of hydrogen-bond donors (Lipinski definition) is 1. The Morgan fingerprint density at radius 1 is 1.38 bits per heavy atom. The number of aromatic nitrogens is 2. The van der Waals surface area contributed by atoms with E-state index in [1.165, 1.54) is 12.6 Å². The van der Waals surface area contributed by atoms with Gasteiger partial charge in [0.1, 0.15) is 6.20 Å². The maximum atomic E-state index is 12.4. The highest BCUT2D eigenvalue weighted by atomic mass is 16.6. The number of nitrogens with zero attached hydrogens (tertiary/aromatic N) is 4. The lowest BCUT2D eigenvalue weighted by atomic mass is 9.88. The number of hydrogen-bond acceptors (Lipinski definition) is 6. The number of imidazole rings is 1. The van der Waals surface area contributed by atoms with Gasteiger partial charge in [-0.15, -0.1) is 0 Å². The Morgan fingerprint density at radius 3 is 2.81 bits per heavy atom. The zero-order valence-corrected chi connectivity index (χ0v) is 15.2. The van der Waals surface area contributed by atoms with Crippen LogP contribution >= 0.6 is 0 Å². The van der Waals surface area contributed by atoms with E-state index in [1.807, 2.05) is 0 Å². The van der Waals surface area contributed by atoms with Crippen LogP contribution in [-0.2, 0) is 16.1 Å². The van der Waals surface area contributed by atoms with Gasteiger partial charge in [0.05, 0.1) is 13.2 Å². The number of nitro groups is 1. The van der Waals surface area contributed by atoms with Crippen molar-refractivity contribution < 1.29 is 14.5 Å². The Balaban J connectivity index is 1.53. The van der Waals surface area contributed by atoms with Crippen LogP contribution in [0.1, 0.15) is 37.9 Å². The van der Waals surface area contributed by atoms with E-state index in [0.717, 1.165) is 45.6 Å². The van der Waals surface area contributed by atoms with Gasteiger partial charge >= 0.3 is 5.82 Å². The summed E-state index contributed by atoms with van der Waals surface area (Å²) in [5.41, 5.74) is 0. The molecule has 1 amide bonds. The largest absolute Gasteiger partial charge is 0.381 e. The monoisotopic (exact) mass is 365 g/mol. The van der Waals surface area contributed by atoms with Crippen molar-refractivity contribution in [3.05, 3.63) is 22.1 Å². The van der Waals surface area contributed by atoms with E-state index in [9.17, 15) is 14.9 Å². The van der Waals surface area contributed by atoms with Crippen LogP contribution in [0.4, 0.5) is 5.82 Å². The zero-order valence-electron chi connectivity index (χ0n) is 15.2. The first-order chi connectivity index (χ1) is 12.5. The molecule has 1 saturated carbocycles. The molecule has 0 aromatic carbocycles. The van der Waals surface area contributed by atoms with E-state index in [4.69, 9.17) is 4.74 Å². The summed E-state index contributed by atoms with van der Waals surface area (Å²) in [5.74, 6) is 0.363. The molecule has 9 nitrogen and oxygen atoms in total. The van der Waals surface area contributed by atoms with E-state index >= 15 is 0 Å². The van der Waals surface area contributed by atoms with Gasteiger partial charge in [0.25, 0.3) is 0 Å². The van der Waals surface area contributed by atoms with Crippen LogP contribution in [0.25, 0.3) is 0 Å². The predicted molar refractivity (Wildman–Crippen MR) is 94.8 cm³/mol. The summed E-state index contributed by atoms with van der Waals surface area (Å²) in [4.78, 5) is 29.1. The fourth-order valence-corrected chi connectivity index (χ4v) is 3.93. The molecular weight excluding hydrogens is 338 g/mol.